The molecule has 0 spiro atoms. The van der Waals surface area contributed by atoms with Gasteiger partial charge in [-0.05, 0) is 36.3 Å². The average Bonchev–Trinajstić information content (AvgIpc) is 2.76. The fourth-order valence-electron chi connectivity index (χ4n) is 2.55. The zero-order valence-electron chi connectivity index (χ0n) is 17.3. The Balaban J connectivity index is 2.15. The number of methoxy groups -OCH3 is 3. The van der Waals surface area contributed by atoms with E-state index in [1.165, 1.54) is 32.4 Å². The van der Waals surface area contributed by atoms with Crippen molar-refractivity contribution >= 4 is 35.2 Å². The third-order valence-corrected chi connectivity index (χ3v) is 4.34. The highest BCUT2D eigenvalue weighted by Crippen LogP contribution is 2.32. The molecule has 0 aliphatic heterocycles. The highest BCUT2D eigenvalue weighted by atomic mass is 35.5. The van der Waals surface area contributed by atoms with Crippen LogP contribution in [0, 0.1) is 0 Å². The molecule has 0 fully saturated rings. The van der Waals surface area contributed by atoms with Gasteiger partial charge in [0.2, 0.25) is 5.91 Å². The van der Waals surface area contributed by atoms with Gasteiger partial charge in [0.15, 0.2) is 11.5 Å². The van der Waals surface area contributed by atoms with Crippen molar-refractivity contribution in [3.05, 3.63) is 52.6 Å². The van der Waals surface area contributed by atoms with Crippen molar-refractivity contribution in [1.29, 1.82) is 0 Å². The lowest BCUT2D eigenvalue weighted by atomic mass is 10.1. The minimum absolute atomic E-state index is 0.163. The number of carbonyl (C=O) groups excluding carboxylic acids is 2. The van der Waals surface area contributed by atoms with E-state index in [9.17, 15) is 9.59 Å². The fourth-order valence-corrected chi connectivity index (χ4v) is 2.76. The molecule has 0 aliphatic rings. The lowest BCUT2D eigenvalue weighted by Crippen LogP contribution is -2.10. The molecule has 7 nitrogen and oxygen atoms in total. The maximum atomic E-state index is 12.3. The Morgan fingerprint density at radius 3 is 2.40 bits per heavy atom. The van der Waals surface area contributed by atoms with Crippen molar-refractivity contribution in [3.63, 3.8) is 0 Å². The number of halogens is 1. The second kappa shape index (κ2) is 11.1. The molecule has 2 aromatic rings. The van der Waals surface area contributed by atoms with Crippen molar-refractivity contribution < 1.29 is 28.5 Å². The number of amides is 1. The standard InChI is InChI=1S/C22H24ClNO6/c1-5-10-30-18-8-6-14(11-20(18)28-3)7-9-21(25)24-17-13-19(27-2)15(12-16(17)23)22(26)29-4/h6-9,11-13H,5,10H2,1-4H3,(H,24,25)/b9-7+. The van der Waals surface area contributed by atoms with Crippen LogP contribution in [0.3, 0.4) is 0 Å². The third kappa shape index (κ3) is 5.90. The van der Waals surface area contributed by atoms with E-state index in [2.05, 4.69) is 5.32 Å². The van der Waals surface area contributed by atoms with Crippen molar-refractivity contribution in [2.45, 2.75) is 13.3 Å². The van der Waals surface area contributed by atoms with Crippen LogP contribution in [0.5, 0.6) is 17.2 Å². The summed E-state index contributed by atoms with van der Waals surface area (Å²) in [7, 11) is 4.22. The number of ether oxygens (including phenoxy) is 4. The van der Waals surface area contributed by atoms with Gasteiger partial charge in [-0.1, -0.05) is 24.6 Å². The molecule has 160 valence electrons. The van der Waals surface area contributed by atoms with Gasteiger partial charge in [-0.15, -0.1) is 0 Å². The van der Waals surface area contributed by atoms with Gasteiger partial charge in [0.25, 0.3) is 0 Å². The predicted octanol–water partition coefficient (Wildman–Crippen LogP) is 4.58. The Bertz CT molecular complexity index is 941. The molecule has 1 amide bonds. The fraction of sp³-hybridized carbons (Fsp3) is 0.273. The van der Waals surface area contributed by atoms with E-state index in [1.807, 2.05) is 13.0 Å². The third-order valence-electron chi connectivity index (χ3n) is 4.03. The highest BCUT2D eigenvalue weighted by Gasteiger charge is 2.17. The van der Waals surface area contributed by atoms with E-state index < -0.39 is 11.9 Å². The molecule has 0 heterocycles. The number of hydrogen-bond acceptors (Lipinski definition) is 6. The molecular formula is C22H24ClNO6. The normalized spacial score (nSPS) is 10.6. The van der Waals surface area contributed by atoms with E-state index in [0.29, 0.717) is 23.8 Å². The first-order chi connectivity index (χ1) is 14.4. The number of hydrogen-bond donors (Lipinski definition) is 1. The van der Waals surface area contributed by atoms with Gasteiger partial charge in [-0.3, -0.25) is 4.79 Å². The molecule has 0 unspecified atom stereocenters. The summed E-state index contributed by atoms with van der Waals surface area (Å²) in [5.74, 6) is 0.461. The van der Waals surface area contributed by atoms with E-state index in [1.54, 1.807) is 25.3 Å². The summed E-state index contributed by atoms with van der Waals surface area (Å²) in [5.41, 5.74) is 1.23. The van der Waals surface area contributed by atoms with Crippen LogP contribution in [0.4, 0.5) is 5.69 Å². The van der Waals surface area contributed by atoms with Gasteiger partial charge < -0.3 is 24.3 Å². The summed E-state index contributed by atoms with van der Waals surface area (Å²) >= 11 is 6.19. The maximum absolute atomic E-state index is 12.3. The van der Waals surface area contributed by atoms with Gasteiger partial charge in [0.05, 0.1) is 38.6 Å². The predicted molar refractivity (Wildman–Crippen MR) is 116 cm³/mol. The first-order valence-corrected chi connectivity index (χ1v) is 9.57. The summed E-state index contributed by atoms with van der Waals surface area (Å²) < 4.78 is 20.8. The van der Waals surface area contributed by atoms with Crippen molar-refractivity contribution in [1.82, 2.24) is 0 Å². The van der Waals surface area contributed by atoms with Crippen molar-refractivity contribution in [2.75, 3.05) is 33.3 Å². The summed E-state index contributed by atoms with van der Waals surface area (Å²) in [6.45, 7) is 2.61. The van der Waals surface area contributed by atoms with Gasteiger partial charge in [-0.25, -0.2) is 4.79 Å². The quantitative estimate of drug-likeness (QED) is 0.460. The van der Waals surface area contributed by atoms with Gasteiger partial charge in [-0.2, -0.15) is 0 Å². The smallest absolute Gasteiger partial charge is 0.341 e. The van der Waals surface area contributed by atoms with Crippen molar-refractivity contribution in [3.8, 4) is 17.2 Å². The van der Waals surface area contributed by atoms with E-state index in [0.717, 1.165) is 12.0 Å². The topological polar surface area (TPSA) is 83.1 Å². The summed E-state index contributed by atoms with van der Waals surface area (Å²) in [4.78, 5) is 24.1. The molecule has 8 heteroatoms. The molecule has 2 rings (SSSR count). The first-order valence-electron chi connectivity index (χ1n) is 9.19. The average molecular weight is 434 g/mol. The Labute approximate surface area is 180 Å². The van der Waals surface area contributed by atoms with Crippen molar-refractivity contribution in [2.24, 2.45) is 0 Å². The maximum Gasteiger partial charge on any atom is 0.341 e. The van der Waals surface area contributed by atoms with Gasteiger partial charge in [0.1, 0.15) is 11.3 Å². The van der Waals surface area contributed by atoms with Crippen LogP contribution in [0.25, 0.3) is 6.08 Å². The lowest BCUT2D eigenvalue weighted by molar-refractivity contribution is -0.111. The molecule has 0 saturated heterocycles. The number of carbonyl (C=O) groups is 2. The van der Waals surface area contributed by atoms with Crippen LogP contribution in [0.15, 0.2) is 36.4 Å². The number of rotatable bonds is 9. The Morgan fingerprint density at radius 1 is 1.03 bits per heavy atom. The second-order valence-corrected chi connectivity index (χ2v) is 6.51. The molecular weight excluding hydrogens is 410 g/mol. The van der Waals surface area contributed by atoms with Crippen LogP contribution in [0.1, 0.15) is 29.3 Å². The molecule has 0 aromatic heterocycles. The highest BCUT2D eigenvalue weighted by molar-refractivity contribution is 6.34. The molecule has 1 N–H and O–H groups in total. The summed E-state index contributed by atoms with van der Waals surface area (Å²) in [5, 5.41) is 2.84. The van der Waals surface area contributed by atoms with Crippen LogP contribution < -0.4 is 19.5 Å². The summed E-state index contributed by atoms with van der Waals surface area (Å²) in [6, 6.07) is 8.22. The molecule has 2 aromatic carbocycles. The molecule has 0 radical (unpaired) electrons. The number of nitrogens with one attached hydrogen (secondary N) is 1. The second-order valence-electron chi connectivity index (χ2n) is 6.11. The summed E-state index contributed by atoms with van der Waals surface area (Å²) in [6.07, 6.45) is 3.88. The number of anilines is 1. The van der Waals surface area contributed by atoms with E-state index >= 15 is 0 Å². The van der Waals surface area contributed by atoms with Gasteiger partial charge >= 0.3 is 5.97 Å². The van der Waals surface area contributed by atoms with Crippen LogP contribution >= 0.6 is 11.6 Å². The first kappa shape index (κ1) is 23.1. The monoisotopic (exact) mass is 433 g/mol. The minimum atomic E-state index is -0.591. The van der Waals surface area contributed by atoms with E-state index in [4.69, 9.17) is 30.5 Å². The number of benzene rings is 2. The Kier molecular flexibility index (Phi) is 8.55. The van der Waals surface area contributed by atoms with Gasteiger partial charge in [0, 0.05) is 12.1 Å². The zero-order valence-corrected chi connectivity index (χ0v) is 18.0. The SMILES string of the molecule is CCCOc1ccc(/C=C/C(=O)Nc2cc(OC)c(C(=O)OC)cc2Cl)cc1OC. The largest absolute Gasteiger partial charge is 0.496 e. The van der Waals surface area contributed by atoms with Crippen LogP contribution in [0.2, 0.25) is 5.02 Å². The molecule has 0 saturated carbocycles. The lowest BCUT2D eigenvalue weighted by Gasteiger charge is -2.12. The molecule has 0 aliphatic carbocycles. The van der Waals surface area contributed by atoms with Crippen LogP contribution in [-0.4, -0.2) is 39.8 Å². The number of esters is 1. The molecule has 30 heavy (non-hydrogen) atoms. The van der Waals surface area contributed by atoms with E-state index in [-0.39, 0.29) is 16.3 Å². The Hall–Kier alpha value is -3.19. The zero-order chi connectivity index (χ0) is 22.1. The molecule has 0 bridgehead atoms. The molecule has 0 atom stereocenters. The Morgan fingerprint density at radius 2 is 1.77 bits per heavy atom. The minimum Gasteiger partial charge on any atom is -0.496 e. The van der Waals surface area contributed by atoms with Crippen LogP contribution in [-0.2, 0) is 9.53 Å².